The van der Waals surface area contributed by atoms with Crippen molar-refractivity contribution in [2.45, 2.75) is 18.9 Å². The molecule has 1 aliphatic rings. The first-order valence-electron chi connectivity index (χ1n) is 6.77. The van der Waals surface area contributed by atoms with Crippen molar-refractivity contribution < 1.29 is 4.74 Å². The molecule has 2 N–H and O–H groups in total. The number of nitrogens with one attached hydrogen (secondary N) is 2. The second kappa shape index (κ2) is 6.77. The fourth-order valence-electron chi connectivity index (χ4n) is 2.58. The number of aromatic nitrogens is 1. The molecule has 0 amide bonds. The Morgan fingerprint density at radius 2 is 2.10 bits per heavy atom. The summed E-state index contributed by atoms with van der Waals surface area (Å²) in [5.74, 6) is 0.850. The van der Waals surface area contributed by atoms with E-state index in [1.807, 2.05) is 18.3 Å². The molecule has 0 atom stereocenters. The van der Waals surface area contributed by atoms with Gasteiger partial charge in [-0.3, -0.25) is 4.98 Å². The second-order valence-corrected chi connectivity index (χ2v) is 4.91. The zero-order chi connectivity index (χ0) is 13.1. The molecule has 0 aliphatic carbocycles. The molecule has 0 unspecified atom stereocenters. The highest BCUT2D eigenvalue weighted by molar-refractivity contribution is 5.92. The monoisotopic (exact) mass is 293 g/mol. The van der Waals surface area contributed by atoms with Crippen LogP contribution in [-0.2, 0) is 0 Å². The van der Waals surface area contributed by atoms with Crippen LogP contribution in [-0.4, -0.2) is 31.2 Å². The largest absolute Gasteiger partial charge is 0.497 e. The van der Waals surface area contributed by atoms with Crippen LogP contribution in [0, 0.1) is 0 Å². The zero-order valence-electron chi connectivity index (χ0n) is 11.6. The average molecular weight is 294 g/mol. The van der Waals surface area contributed by atoms with E-state index in [0.29, 0.717) is 6.04 Å². The molecular weight excluding hydrogens is 274 g/mol. The topological polar surface area (TPSA) is 46.2 Å². The van der Waals surface area contributed by atoms with Crippen LogP contribution in [0.5, 0.6) is 5.75 Å². The summed E-state index contributed by atoms with van der Waals surface area (Å²) in [7, 11) is 1.69. The number of benzene rings is 1. The molecule has 0 saturated carbocycles. The van der Waals surface area contributed by atoms with Crippen molar-refractivity contribution in [3.8, 4) is 5.75 Å². The van der Waals surface area contributed by atoms with Crippen molar-refractivity contribution in [2.75, 3.05) is 25.5 Å². The van der Waals surface area contributed by atoms with Crippen molar-refractivity contribution in [3.63, 3.8) is 0 Å². The summed E-state index contributed by atoms with van der Waals surface area (Å²) in [6, 6.07) is 8.64. The molecule has 1 fully saturated rings. The number of anilines is 1. The van der Waals surface area contributed by atoms with Gasteiger partial charge in [0.1, 0.15) is 5.75 Å². The van der Waals surface area contributed by atoms with Gasteiger partial charge in [0.05, 0.1) is 12.6 Å². The molecule has 1 saturated heterocycles. The van der Waals surface area contributed by atoms with Gasteiger partial charge in [0.2, 0.25) is 0 Å². The van der Waals surface area contributed by atoms with Gasteiger partial charge in [-0.05, 0) is 38.1 Å². The van der Waals surface area contributed by atoms with Crippen molar-refractivity contribution in [2.24, 2.45) is 0 Å². The normalized spacial score (nSPS) is 15.7. The van der Waals surface area contributed by atoms with Crippen LogP contribution in [0.2, 0.25) is 0 Å². The maximum Gasteiger partial charge on any atom is 0.123 e. The highest BCUT2D eigenvalue weighted by Gasteiger charge is 2.14. The zero-order valence-corrected chi connectivity index (χ0v) is 12.4. The van der Waals surface area contributed by atoms with Gasteiger partial charge in [-0.15, -0.1) is 12.4 Å². The maximum atomic E-state index is 5.36. The summed E-state index contributed by atoms with van der Waals surface area (Å²) >= 11 is 0. The molecule has 0 spiro atoms. The van der Waals surface area contributed by atoms with E-state index >= 15 is 0 Å². The third-order valence-corrected chi connectivity index (χ3v) is 3.63. The number of pyridine rings is 1. The van der Waals surface area contributed by atoms with Crippen molar-refractivity contribution in [1.29, 1.82) is 0 Å². The van der Waals surface area contributed by atoms with E-state index in [4.69, 9.17) is 4.74 Å². The van der Waals surface area contributed by atoms with E-state index in [1.54, 1.807) is 7.11 Å². The molecule has 20 heavy (non-hydrogen) atoms. The molecule has 1 aliphatic heterocycles. The maximum absolute atomic E-state index is 5.36. The molecule has 0 radical (unpaired) electrons. The lowest BCUT2D eigenvalue weighted by Crippen LogP contribution is -2.35. The lowest BCUT2D eigenvalue weighted by molar-refractivity contribution is 0.415. The van der Waals surface area contributed by atoms with E-state index in [9.17, 15) is 0 Å². The predicted octanol–water partition coefficient (Wildman–Crippen LogP) is 2.83. The van der Waals surface area contributed by atoms with Gasteiger partial charge < -0.3 is 15.4 Å². The third kappa shape index (κ3) is 3.14. The van der Waals surface area contributed by atoms with Crippen LogP contribution in [0.3, 0.4) is 0 Å². The summed E-state index contributed by atoms with van der Waals surface area (Å²) in [4.78, 5) is 4.41. The summed E-state index contributed by atoms with van der Waals surface area (Å²) in [5.41, 5.74) is 2.09. The minimum Gasteiger partial charge on any atom is -0.497 e. The molecule has 108 valence electrons. The minimum atomic E-state index is 0. The lowest BCUT2D eigenvalue weighted by Gasteiger charge is -2.25. The summed E-state index contributed by atoms with van der Waals surface area (Å²) in [6.07, 6.45) is 4.12. The molecule has 0 bridgehead atoms. The molecular formula is C15H20ClN3O. The third-order valence-electron chi connectivity index (χ3n) is 3.63. The van der Waals surface area contributed by atoms with Crippen LogP contribution < -0.4 is 15.4 Å². The highest BCUT2D eigenvalue weighted by Crippen LogP contribution is 2.29. The Balaban J connectivity index is 0.00000147. The molecule has 2 heterocycles. The predicted molar refractivity (Wildman–Crippen MR) is 85.1 cm³/mol. The van der Waals surface area contributed by atoms with Gasteiger partial charge in [0, 0.05) is 35.4 Å². The van der Waals surface area contributed by atoms with Gasteiger partial charge in [-0.1, -0.05) is 0 Å². The molecule has 4 nitrogen and oxygen atoms in total. The molecule has 2 aromatic rings. The van der Waals surface area contributed by atoms with E-state index in [-0.39, 0.29) is 12.4 Å². The number of hydrogen-bond donors (Lipinski definition) is 2. The van der Waals surface area contributed by atoms with Gasteiger partial charge in [-0.25, -0.2) is 0 Å². The first-order chi connectivity index (χ1) is 9.36. The molecule has 1 aromatic heterocycles. The number of fused-ring (bicyclic) bond motifs is 1. The lowest BCUT2D eigenvalue weighted by atomic mass is 10.1. The van der Waals surface area contributed by atoms with Gasteiger partial charge in [0.25, 0.3) is 0 Å². The Morgan fingerprint density at radius 1 is 1.30 bits per heavy atom. The van der Waals surface area contributed by atoms with Crippen molar-refractivity contribution in [1.82, 2.24) is 10.3 Å². The summed E-state index contributed by atoms with van der Waals surface area (Å²) in [5, 5.41) is 8.18. The molecule has 5 heteroatoms. The number of nitrogens with zero attached hydrogens (tertiary/aromatic N) is 1. The van der Waals surface area contributed by atoms with Gasteiger partial charge >= 0.3 is 0 Å². The minimum absolute atomic E-state index is 0. The Labute approximate surface area is 125 Å². The van der Waals surface area contributed by atoms with Gasteiger partial charge in [-0.2, -0.15) is 0 Å². The van der Waals surface area contributed by atoms with Crippen LogP contribution in [0.15, 0.2) is 30.5 Å². The van der Waals surface area contributed by atoms with Crippen LogP contribution in [0.4, 0.5) is 5.69 Å². The fourth-order valence-corrected chi connectivity index (χ4v) is 2.58. The summed E-state index contributed by atoms with van der Waals surface area (Å²) in [6.45, 7) is 2.16. The number of ether oxygens (including phenoxy) is 1. The first kappa shape index (κ1) is 14.9. The fraction of sp³-hybridized carbons (Fsp3) is 0.400. The Morgan fingerprint density at radius 3 is 2.85 bits per heavy atom. The van der Waals surface area contributed by atoms with E-state index in [0.717, 1.165) is 48.3 Å². The van der Waals surface area contributed by atoms with Gasteiger partial charge in [0.15, 0.2) is 0 Å². The van der Waals surface area contributed by atoms with Crippen molar-refractivity contribution in [3.05, 3.63) is 30.5 Å². The SMILES string of the molecule is COc1cc(NC2CCNCC2)c2cccnc2c1.Cl. The highest BCUT2D eigenvalue weighted by atomic mass is 35.5. The smallest absolute Gasteiger partial charge is 0.123 e. The Bertz CT molecular complexity index is 570. The second-order valence-electron chi connectivity index (χ2n) is 4.91. The van der Waals surface area contributed by atoms with E-state index < -0.39 is 0 Å². The van der Waals surface area contributed by atoms with Crippen molar-refractivity contribution >= 4 is 29.0 Å². The average Bonchev–Trinajstić information content (AvgIpc) is 2.48. The van der Waals surface area contributed by atoms with Crippen LogP contribution in [0.1, 0.15) is 12.8 Å². The van der Waals surface area contributed by atoms with Crippen LogP contribution >= 0.6 is 12.4 Å². The van der Waals surface area contributed by atoms with Crippen LogP contribution in [0.25, 0.3) is 10.9 Å². The first-order valence-corrected chi connectivity index (χ1v) is 6.77. The number of piperidine rings is 1. The molecule has 1 aromatic carbocycles. The van der Waals surface area contributed by atoms with E-state index in [2.05, 4.69) is 27.8 Å². The Kier molecular flexibility index (Phi) is 5.04. The Hall–Kier alpha value is -1.52. The standard InChI is InChI=1S/C15H19N3O.ClH/c1-19-12-9-14-13(3-2-6-17-14)15(10-12)18-11-4-7-16-8-5-11;/h2-3,6,9-11,16,18H,4-5,7-8H2,1H3;1H. The van der Waals surface area contributed by atoms with E-state index in [1.165, 1.54) is 0 Å². The number of hydrogen-bond acceptors (Lipinski definition) is 4. The number of methoxy groups -OCH3 is 1. The number of rotatable bonds is 3. The quantitative estimate of drug-likeness (QED) is 0.913. The molecule has 3 rings (SSSR count). The number of halogens is 1. The summed E-state index contributed by atoms with van der Waals surface area (Å²) < 4.78 is 5.36.